The fourth-order valence-corrected chi connectivity index (χ4v) is 1.10. The number of aryl methyl sites for hydroxylation is 1. The Hall–Kier alpha value is -1.46. The highest BCUT2D eigenvalue weighted by atomic mass is 19.1. The van der Waals surface area contributed by atoms with Crippen molar-refractivity contribution in [2.75, 3.05) is 6.61 Å². The minimum Gasteiger partial charge on any atom is -0.367 e. The molecule has 0 saturated heterocycles. The van der Waals surface area contributed by atoms with Crippen LogP contribution >= 0.6 is 0 Å². The second-order valence-corrected chi connectivity index (χ2v) is 3.14. The third-order valence-corrected chi connectivity index (χ3v) is 1.89. The maximum Gasteiger partial charge on any atom is 0.259 e. The molecule has 5 heteroatoms. The van der Waals surface area contributed by atoms with Gasteiger partial charge in [0.2, 0.25) is 0 Å². The van der Waals surface area contributed by atoms with E-state index in [4.69, 9.17) is 10.6 Å². The lowest BCUT2D eigenvalue weighted by Gasteiger charge is -2.04. The zero-order valence-electron chi connectivity index (χ0n) is 8.42. The Kier molecular flexibility index (Phi) is 4.20. The van der Waals surface area contributed by atoms with Crippen LogP contribution < -0.4 is 11.3 Å². The van der Waals surface area contributed by atoms with Crippen LogP contribution in [0, 0.1) is 12.7 Å². The van der Waals surface area contributed by atoms with Gasteiger partial charge in [-0.2, -0.15) is 0 Å². The van der Waals surface area contributed by atoms with Gasteiger partial charge >= 0.3 is 0 Å². The van der Waals surface area contributed by atoms with Gasteiger partial charge in [-0.15, -0.1) is 0 Å². The first-order chi connectivity index (χ1) is 7.13. The van der Waals surface area contributed by atoms with Crippen molar-refractivity contribution in [2.45, 2.75) is 13.5 Å². The molecule has 0 spiro atoms. The molecule has 0 aromatic heterocycles. The summed E-state index contributed by atoms with van der Waals surface area (Å²) >= 11 is 0. The van der Waals surface area contributed by atoms with Gasteiger partial charge in [0.25, 0.3) is 5.91 Å². The van der Waals surface area contributed by atoms with Crippen molar-refractivity contribution >= 4 is 5.91 Å². The van der Waals surface area contributed by atoms with Crippen LogP contribution in [-0.4, -0.2) is 12.5 Å². The highest BCUT2D eigenvalue weighted by Crippen LogP contribution is 2.09. The molecule has 82 valence electrons. The molecular weight excluding hydrogens is 199 g/mol. The smallest absolute Gasteiger partial charge is 0.259 e. The molecule has 0 aliphatic heterocycles. The van der Waals surface area contributed by atoms with Crippen molar-refractivity contribution in [2.24, 2.45) is 5.84 Å². The number of nitrogens with two attached hydrogens (primary N) is 1. The van der Waals surface area contributed by atoms with E-state index in [1.54, 1.807) is 19.1 Å². The predicted octanol–water partition coefficient (Wildman–Crippen LogP) is 0.641. The van der Waals surface area contributed by atoms with E-state index in [2.05, 4.69) is 0 Å². The summed E-state index contributed by atoms with van der Waals surface area (Å²) in [5, 5.41) is 0. The zero-order valence-corrected chi connectivity index (χ0v) is 8.42. The van der Waals surface area contributed by atoms with Gasteiger partial charge in [-0.25, -0.2) is 10.2 Å². The topological polar surface area (TPSA) is 64.3 Å². The number of rotatable bonds is 4. The SMILES string of the molecule is Cc1cc(COCC(=O)NN)ccc1F. The van der Waals surface area contributed by atoms with Crippen molar-refractivity contribution in [1.82, 2.24) is 5.43 Å². The van der Waals surface area contributed by atoms with Gasteiger partial charge in [-0.1, -0.05) is 12.1 Å². The van der Waals surface area contributed by atoms with Crippen LogP contribution in [0.2, 0.25) is 0 Å². The van der Waals surface area contributed by atoms with Gasteiger partial charge in [0, 0.05) is 0 Å². The number of nitrogens with one attached hydrogen (secondary N) is 1. The highest BCUT2D eigenvalue weighted by Gasteiger charge is 2.01. The van der Waals surface area contributed by atoms with Crippen molar-refractivity contribution in [3.63, 3.8) is 0 Å². The molecule has 0 aliphatic carbocycles. The van der Waals surface area contributed by atoms with E-state index >= 15 is 0 Å². The minimum absolute atomic E-state index is 0.104. The van der Waals surface area contributed by atoms with Gasteiger partial charge in [0.1, 0.15) is 12.4 Å². The summed E-state index contributed by atoms with van der Waals surface area (Å²) in [6.45, 7) is 1.83. The molecule has 0 radical (unpaired) electrons. The second kappa shape index (κ2) is 5.43. The number of benzene rings is 1. The third kappa shape index (κ3) is 3.65. The quantitative estimate of drug-likeness (QED) is 0.437. The van der Waals surface area contributed by atoms with Crippen LogP contribution in [0.25, 0.3) is 0 Å². The van der Waals surface area contributed by atoms with Crippen LogP contribution in [0.15, 0.2) is 18.2 Å². The highest BCUT2D eigenvalue weighted by molar-refractivity contribution is 5.76. The van der Waals surface area contributed by atoms with E-state index < -0.39 is 5.91 Å². The molecule has 1 amide bonds. The average molecular weight is 212 g/mol. The number of hydrogen-bond acceptors (Lipinski definition) is 3. The van der Waals surface area contributed by atoms with Crippen molar-refractivity contribution in [1.29, 1.82) is 0 Å². The van der Waals surface area contributed by atoms with E-state index in [0.29, 0.717) is 5.56 Å². The molecule has 3 N–H and O–H groups in total. The molecule has 0 heterocycles. The Labute approximate surface area is 87.2 Å². The maximum absolute atomic E-state index is 12.9. The predicted molar refractivity (Wildman–Crippen MR) is 53.1 cm³/mol. The molecule has 0 atom stereocenters. The van der Waals surface area contributed by atoms with Gasteiger partial charge in [-0.05, 0) is 24.1 Å². The summed E-state index contributed by atoms with van der Waals surface area (Å²) in [5.74, 6) is 4.22. The van der Waals surface area contributed by atoms with Crippen LogP contribution in [0.4, 0.5) is 4.39 Å². The lowest BCUT2D eigenvalue weighted by Crippen LogP contribution is -2.33. The summed E-state index contributed by atoms with van der Waals surface area (Å²) in [6, 6.07) is 4.66. The van der Waals surface area contributed by atoms with Gasteiger partial charge in [-0.3, -0.25) is 10.2 Å². The first kappa shape index (κ1) is 11.6. The normalized spacial score (nSPS) is 10.1. The zero-order chi connectivity index (χ0) is 11.3. The molecule has 0 bridgehead atoms. The number of hydrogen-bond donors (Lipinski definition) is 2. The maximum atomic E-state index is 12.9. The standard InChI is InChI=1S/C10H13FN2O2/c1-7-4-8(2-3-9(7)11)5-15-6-10(14)13-12/h2-4H,5-6,12H2,1H3,(H,13,14). The summed E-state index contributed by atoms with van der Waals surface area (Å²) < 4.78 is 17.9. The van der Waals surface area contributed by atoms with Crippen molar-refractivity contribution in [3.05, 3.63) is 35.1 Å². The molecule has 0 aliphatic rings. The average Bonchev–Trinajstić information content (AvgIpc) is 2.23. The van der Waals surface area contributed by atoms with Gasteiger partial charge in [0.15, 0.2) is 0 Å². The summed E-state index contributed by atoms with van der Waals surface area (Å²) in [5.41, 5.74) is 3.32. The van der Waals surface area contributed by atoms with Crippen LogP contribution in [0.1, 0.15) is 11.1 Å². The Balaban J connectivity index is 2.44. The number of carbonyl (C=O) groups is 1. The largest absolute Gasteiger partial charge is 0.367 e. The molecule has 4 nitrogen and oxygen atoms in total. The molecule has 0 fully saturated rings. The Morgan fingerprint density at radius 2 is 2.33 bits per heavy atom. The summed E-state index contributed by atoms with van der Waals surface area (Å²) in [6.07, 6.45) is 0. The molecule has 0 unspecified atom stereocenters. The van der Waals surface area contributed by atoms with Gasteiger partial charge in [0.05, 0.1) is 6.61 Å². The molecule has 0 saturated carbocycles. The van der Waals surface area contributed by atoms with E-state index in [1.165, 1.54) is 6.07 Å². The molecule has 1 rings (SSSR count). The minimum atomic E-state index is -0.395. The van der Waals surface area contributed by atoms with Crippen LogP contribution in [0.5, 0.6) is 0 Å². The molecule has 1 aromatic rings. The first-order valence-electron chi connectivity index (χ1n) is 4.45. The lowest BCUT2D eigenvalue weighted by atomic mass is 10.1. The second-order valence-electron chi connectivity index (χ2n) is 3.14. The van der Waals surface area contributed by atoms with Crippen LogP contribution in [-0.2, 0) is 16.1 Å². The van der Waals surface area contributed by atoms with Crippen molar-refractivity contribution in [3.8, 4) is 0 Å². The Morgan fingerprint density at radius 3 is 2.93 bits per heavy atom. The number of carbonyl (C=O) groups excluding carboxylic acids is 1. The lowest BCUT2D eigenvalue weighted by molar-refractivity contribution is -0.126. The van der Waals surface area contributed by atoms with Crippen LogP contribution in [0.3, 0.4) is 0 Å². The number of ether oxygens (including phenoxy) is 1. The Morgan fingerprint density at radius 1 is 1.60 bits per heavy atom. The third-order valence-electron chi connectivity index (χ3n) is 1.89. The van der Waals surface area contributed by atoms with E-state index in [-0.39, 0.29) is 19.0 Å². The number of hydrazine groups is 1. The van der Waals surface area contributed by atoms with Crippen molar-refractivity contribution < 1.29 is 13.9 Å². The van der Waals surface area contributed by atoms with E-state index in [1.807, 2.05) is 5.43 Å². The molecule has 1 aromatic carbocycles. The number of halogens is 1. The molecular formula is C10H13FN2O2. The van der Waals surface area contributed by atoms with Gasteiger partial charge < -0.3 is 4.74 Å². The number of amides is 1. The summed E-state index contributed by atoms with van der Waals surface area (Å²) in [4.78, 5) is 10.7. The van der Waals surface area contributed by atoms with E-state index in [9.17, 15) is 9.18 Å². The molecule has 15 heavy (non-hydrogen) atoms. The summed E-state index contributed by atoms with van der Waals surface area (Å²) in [7, 11) is 0. The fraction of sp³-hybridized carbons (Fsp3) is 0.300. The Bertz CT molecular complexity index is 355. The van der Waals surface area contributed by atoms with E-state index in [0.717, 1.165) is 5.56 Å². The first-order valence-corrected chi connectivity index (χ1v) is 4.45. The fourth-order valence-electron chi connectivity index (χ4n) is 1.10. The monoisotopic (exact) mass is 212 g/mol.